The first-order valence-electron chi connectivity index (χ1n) is 8.16. The van der Waals surface area contributed by atoms with Crippen LogP contribution >= 0.6 is 23.1 Å². The number of anilines is 1. The van der Waals surface area contributed by atoms with Gasteiger partial charge in [-0.2, -0.15) is 0 Å². The van der Waals surface area contributed by atoms with Crippen LogP contribution < -0.4 is 5.32 Å². The molecule has 2 aromatic heterocycles. The fourth-order valence-corrected chi connectivity index (χ4v) is 4.03. The van der Waals surface area contributed by atoms with E-state index in [1.54, 1.807) is 29.8 Å². The molecule has 1 amide bonds. The summed E-state index contributed by atoms with van der Waals surface area (Å²) in [7, 11) is 1.27. The highest BCUT2D eigenvalue weighted by atomic mass is 32.2. The highest BCUT2D eigenvalue weighted by molar-refractivity contribution is 7.99. The number of benzene rings is 1. The number of aryl methyl sites for hydroxylation is 1. The molecule has 9 heteroatoms. The Morgan fingerprint density at radius 3 is 2.68 bits per heavy atom. The Balaban J connectivity index is 1.78. The van der Waals surface area contributed by atoms with Gasteiger partial charge in [0.05, 0.1) is 12.9 Å². The number of amides is 1. The van der Waals surface area contributed by atoms with Crippen molar-refractivity contribution in [2.45, 2.75) is 12.1 Å². The van der Waals surface area contributed by atoms with Crippen LogP contribution in [0.2, 0.25) is 0 Å². The highest BCUT2D eigenvalue weighted by Crippen LogP contribution is 2.36. The van der Waals surface area contributed by atoms with Crippen molar-refractivity contribution >= 4 is 40.0 Å². The zero-order valence-electron chi connectivity index (χ0n) is 15.1. The Morgan fingerprint density at radius 2 is 2.00 bits per heavy atom. The Kier molecular flexibility index (Phi) is 6.37. The molecule has 3 rings (SSSR count). The number of nitrogens with zero attached hydrogens (tertiary/aromatic N) is 2. The molecule has 0 fully saturated rings. The van der Waals surface area contributed by atoms with E-state index in [9.17, 15) is 14.0 Å². The van der Waals surface area contributed by atoms with Crippen molar-refractivity contribution in [3.05, 3.63) is 59.0 Å². The smallest absolute Gasteiger partial charge is 0.341 e. The van der Waals surface area contributed by atoms with Crippen LogP contribution in [0.3, 0.4) is 0 Å². The van der Waals surface area contributed by atoms with Crippen LogP contribution in [0, 0.1) is 12.7 Å². The third-order valence-electron chi connectivity index (χ3n) is 3.69. The standard InChI is InChI=1S/C19H16FN3O3S2/c1-11-7-8-21-19(22-11)28-10-15(24)23-17-16(18(25)26-2)14(9-27-17)12-3-5-13(20)6-4-12/h3-9H,10H2,1-2H3,(H,23,24). The van der Waals surface area contributed by atoms with E-state index in [1.807, 2.05) is 6.92 Å². The van der Waals surface area contributed by atoms with E-state index in [0.29, 0.717) is 21.3 Å². The quantitative estimate of drug-likeness (QED) is 0.368. The van der Waals surface area contributed by atoms with Crippen LogP contribution in [-0.2, 0) is 9.53 Å². The molecule has 0 atom stereocenters. The largest absolute Gasteiger partial charge is 0.465 e. The molecular formula is C19H16FN3O3S2. The van der Waals surface area contributed by atoms with Crippen molar-refractivity contribution in [3.63, 3.8) is 0 Å². The molecule has 0 saturated heterocycles. The van der Waals surface area contributed by atoms with E-state index in [0.717, 1.165) is 5.69 Å². The van der Waals surface area contributed by atoms with Crippen molar-refractivity contribution in [1.29, 1.82) is 0 Å². The van der Waals surface area contributed by atoms with Gasteiger partial charge in [-0.05, 0) is 30.7 Å². The zero-order chi connectivity index (χ0) is 20.1. The van der Waals surface area contributed by atoms with E-state index in [1.165, 1.54) is 42.3 Å². The van der Waals surface area contributed by atoms with Gasteiger partial charge in [0.25, 0.3) is 0 Å². The van der Waals surface area contributed by atoms with Crippen LogP contribution in [0.25, 0.3) is 11.1 Å². The molecule has 0 aliphatic carbocycles. The van der Waals surface area contributed by atoms with Crippen LogP contribution in [-0.4, -0.2) is 34.7 Å². The first-order valence-corrected chi connectivity index (χ1v) is 10.0. The molecule has 0 unspecified atom stereocenters. The molecule has 2 heterocycles. The number of nitrogens with one attached hydrogen (secondary N) is 1. The molecule has 0 spiro atoms. The molecule has 1 aromatic carbocycles. The molecule has 1 N–H and O–H groups in total. The van der Waals surface area contributed by atoms with Gasteiger partial charge in [-0.3, -0.25) is 4.79 Å². The number of thiophene rings is 1. The number of aromatic nitrogens is 2. The van der Waals surface area contributed by atoms with Gasteiger partial charge in [-0.15, -0.1) is 11.3 Å². The summed E-state index contributed by atoms with van der Waals surface area (Å²) in [6.07, 6.45) is 1.63. The third-order valence-corrected chi connectivity index (χ3v) is 5.45. The van der Waals surface area contributed by atoms with Gasteiger partial charge in [-0.25, -0.2) is 19.2 Å². The van der Waals surface area contributed by atoms with Gasteiger partial charge in [0.2, 0.25) is 5.91 Å². The zero-order valence-corrected chi connectivity index (χ0v) is 16.7. The van der Waals surface area contributed by atoms with Gasteiger partial charge < -0.3 is 10.1 Å². The van der Waals surface area contributed by atoms with Crippen LogP contribution in [0.1, 0.15) is 16.1 Å². The number of thioether (sulfide) groups is 1. The number of carbonyl (C=O) groups excluding carboxylic acids is 2. The lowest BCUT2D eigenvalue weighted by Gasteiger charge is -2.08. The molecule has 6 nitrogen and oxygen atoms in total. The summed E-state index contributed by atoms with van der Waals surface area (Å²) in [5, 5.41) is 5.35. The predicted molar refractivity (Wildman–Crippen MR) is 107 cm³/mol. The second kappa shape index (κ2) is 8.94. The Morgan fingerprint density at radius 1 is 1.25 bits per heavy atom. The van der Waals surface area contributed by atoms with Crippen molar-refractivity contribution in [1.82, 2.24) is 9.97 Å². The SMILES string of the molecule is COC(=O)c1c(-c2ccc(F)cc2)csc1NC(=O)CSc1nccc(C)n1. The number of ether oxygens (including phenoxy) is 1. The van der Waals surface area contributed by atoms with Gasteiger partial charge in [0, 0.05) is 22.8 Å². The predicted octanol–water partition coefficient (Wildman–Crippen LogP) is 4.17. The summed E-state index contributed by atoms with van der Waals surface area (Å²) >= 11 is 2.40. The second-order valence-electron chi connectivity index (χ2n) is 5.67. The average molecular weight is 417 g/mol. The normalized spacial score (nSPS) is 10.5. The molecule has 0 aliphatic heterocycles. The van der Waals surface area contributed by atoms with Crippen molar-refractivity contribution in [2.24, 2.45) is 0 Å². The third kappa shape index (κ3) is 4.73. The monoisotopic (exact) mass is 417 g/mol. The topological polar surface area (TPSA) is 81.2 Å². The maximum Gasteiger partial charge on any atom is 0.341 e. The van der Waals surface area contributed by atoms with Gasteiger partial charge in [-0.1, -0.05) is 23.9 Å². The number of halogens is 1. The van der Waals surface area contributed by atoms with Crippen LogP contribution in [0.5, 0.6) is 0 Å². The lowest BCUT2D eigenvalue weighted by molar-refractivity contribution is -0.113. The Bertz CT molecular complexity index is 1010. The number of carbonyl (C=O) groups is 2. The highest BCUT2D eigenvalue weighted by Gasteiger charge is 2.22. The molecule has 0 radical (unpaired) electrons. The number of hydrogen-bond acceptors (Lipinski definition) is 7. The lowest BCUT2D eigenvalue weighted by Crippen LogP contribution is -2.16. The molecule has 0 saturated carbocycles. The first kappa shape index (κ1) is 20.0. The maximum atomic E-state index is 13.2. The summed E-state index contributed by atoms with van der Waals surface area (Å²) in [4.78, 5) is 33.0. The Hall–Kier alpha value is -2.78. The molecule has 0 bridgehead atoms. The molecular weight excluding hydrogens is 401 g/mol. The van der Waals surface area contributed by atoms with E-state index < -0.39 is 5.97 Å². The van der Waals surface area contributed by atoms with E-state index in [2.05, 4.69) is 15.3 Å². The number of rotatable bonds is 6. The van der Waals surface area contributed by atoms with Gasteiger partial charge in [0.15, 0.2) is 5.16 Å². The maximum absolute atomic E-state index is 13.2. The van der Waals surface area contributed by atoms with E-state index >= 15 is 0 Å². The van der Waals surface area contributed by atoms with Crippen molar-refractivity contribution in [2.75, 3.05) is 18.2 Å². The lowest BCUT2D eigenvalue weighted by atomic mass is 10.0. The summed E-state index contributed by atoms with van der Waals surface area (Å²) in [5.41, 5.74) is 2.28. The fourth-order valence-electron chi connectivity index (χ4n) is 2.38. The fraction of sp³-hybridized carbons (Fsp3) is 0.158. The molecule has 3 aromatic rings. The molecule has 144 valence electrons. The summed E-state index contributed by atoms with van der Waals surface area (Å²) in [6, 6.07) is 7.53. The van der Waals surface area contributed by atoms with Crippen molar-refractivity contribution < 1.29 is 18.7 Å². The minimum Gasteiger partial charge on any atom is -0.465 e. The minimum absolute atomic E-state index is 0.0911. The van der Waals surface area contributed by atoms with Crippen LogP contribution in [0.4, 0.5) is 9.39 Å². The molecule has 0 aliphatic rings. The van der Waals surface area contributed by atoms with E-state index in [4.69, 9.17) is 4.74 Å². The first-order chi connectivity index (χ1) is 13.5. The number of methoxy groups -OCH3 is 1. The van der Waals surface area contributed by atoms with Crippen molar-refractivity contribution in [3.8, 4) is 11.1 Å². The molecule has 28 heavy (non-hydrogen) atoms. The van der Waals surface area contributed by atoms with Gasteiger partial charge >= 0.3 is 5.97 Å². The second-order valence-corrected chi connectivity index (χ2v) is 7.49. The summed E-state index contributed by atoms with van der Waals surface area (Å²) < 4.78 is 18.1. The summed E-state index contributed by atoms with van der Waals surface area (Å²) in [5.74, 6) is -1.16. The summed E-state index contributed by atoms with van der Waals surface area (Å²) in [6.45, 7) is 1.84. The minimum atomic E-state index is -0.578. The number of esters is 1. The van der Waals surface area contributed by atoms with E-state index in [-0.39, 0.29) is 23.0 Å². The average Bonchev–Trinajstić information content (AvgIpc) is 3.10. The van der Waals surface area contributed by atoms with Gasteiger partial charge in [0.1, 0.15) is 16.4 Å². The Labute approximate surface area is 169 Å². The number of hydrogen-bond donors (Lipinski definition) is 1. The van der Waals surface area contributed by atoms with Crippen LogP contribution in [0.15, 0.2) is 47.1 Å².